The number of carboxylic acid groups (broad SMARTS) is 1. The SMILES string of the molecule is COc1ccc(S(=O)(=O)NC2CC2)cc1NCc1cccc(C(=O)O)c1. The molecule has 1 aliphatic carbocycles. The van der Waals surface area contributed by atoms with E-state index in [2.05, 4.69) is 10.0 Å². The minimum Gasteiger partial charge on any atom is -0.495 e. The molecule has 1 aliphatic rings. The molecule has 7 nitrogen and oxygen atoms in total. The van der Waals surface area contributed by atoms with Crippen molar-refractivity contribution in [1.29, 1.82) is 0 Å². The molecule has 1 saturated carbocycles. The van der Waals surface area contributed by atoms with Gasteiger partial charge in [-0.2, -0.15) is 0 Å². The van der Waals surface area contributed by atoms with Crippen LogP contribution in [0.5, 0.6) is 5.75 Å². The number of ether oxygens (including phenoxy) is 1. The van der Waals surface area contributed by atoms with Crippen LogP contribution in [0.2, 0.25) is 0 Å². The molecule has 0 aliphatic heterocycles. The molecule has 0 heterocycles. The van der Waals surface area contributed by atoms with E-state index >= 15 is 0 Å². The molecule has 3 rings (SSSR count). The van der Waals surface area contributed by atoms with Gasteiger partial charge in [-0.25, -0.2) is 17.9 Å². The van der Waals surface area contributed by atoms with Gasteiger partial charge in [0.15, 0.2) is 0 Å². The fourth-order valence-corrected chi connectivity index (χ4v) is 3.82. The van der Waals surface area contributed by atoms with Crippen molar-refractivity contribution in [2.45, 2.75) is 30.3 Å². The van der Waals surface area contributed by atoms with Crippen molar-refractivity contribution < 1.29 is 23.1 Å². The molecule has 0 saturated heterocycles. The molecule has 0 bridgehead atoms. The molecular formula is C18H20N2O5S. The number of nitrogens with one attached hydrogen (secondary N) is 2. The third kappa shape index (κ3) is 4.33. The summed E-state index contributed by atoms with van der Waals surface area (Å²) in [5, 5.41) is 12.2. The zero-order chi connectivity index (χ0) is 18.7. The highest BCUT2D eigenvalue weighted by atomic mass is 32.2. The molecule has 0 spiro atoms. The molecule has 0 unspecified atom stereocenters. The van der Waals surface area contributed by atoms with Crippen molar-refractivity contribution in [3.8, 4) is 5.75 Å². The van der Waals surface area contributed by atoms with Crippen molar-refractivity contribution in [3.05, 3.63) is 53.6 Å². The standard InChI is InChI=1S/C18H20N2O5S/c1-25-17-8-7-15(26(23,24)20-14-5-6-14)10-16(17)19-11-12-3-2-4-13(9-12)18(21)22/h2-4,7-10,14,19-20H,5-6,11H2,1H3,(H,21,22). The van der Waals surface area contributed by atoms with Crippen LogP contribution in [0.1, 0.15) is 28.8 Å². The van der Waals surface area contributed by atoms with Crippen molar-refractivity contribution in [1.82, 2.24) is 4.72 Å². The summed E-state index contributed by atoms with van der Waals surface area (Å²) in [5.74, 6) is -0.492. The van der Waals surface area contributed by atoms with Crippen LogP contribution in [-0.2, 0) is 16.6 Å². The smallest absolute Gasteiger partial charge is 0.335 e. The second kappa shape index (κ2) is 7.35. The molecule has 8 heteroatoms. The van der Waals surface area contributed by atoms with Crippen LogP contribution in [0, 0.1) is 0 Å². The van der Waals surface area contributed by atoms with Gasteiger partial charge >= 0.3 is 5.97 Å². The topological polar surface area (TPSA) is 105 Å². The summed E-state index contributed by atoms with van der Waals surface area (Å²) >= 11 is 0. The second-order valence-electron chi connectivity index (χ2n) is 6.12. The second-order valence-corrected chi connectivity index (χ2v) is 7.83. The largest absolute Gasteiger partial charge is 0.495 e. The van der Waals surface area contributed by atoms with E-state index in [0.717, 1.165) is 18.4 Å². The summed E-state index contributed by atoms with van der Waals surface area (Å²) in [6.07, 6.45) is 1.72. The quantitative estimate of drug-likeness (QED) is 0.654. The maximum atomic E-state index is 12.4. The number of carbonyl (C=O) groups is 1. The molecule has 0 aromatic heterocycles. The first-order valence-corrected chi connectivity index (χ1v) is 9.64. The molecule has 1 fully saturated rings. The van der Waals surface area contributed by atoms with Gasteiger partial charge in [0.1, 0.15) is 5.75 Å². The van der Waals surface area contributed by atoms with E-state index in [1.807, 2.05) is 0 Å². The van der Waals surface area contributed by atoms with E-state index < -0.39 is 16.0 Å². The summed E-state index contributed by atoms with van der Waals surface area (Å²) in [6, 6.07) is 11.2. The molecule has 0 atom stereocenters. The van der Waals surface area contributed by atoms with Crippen LogP contribution >= 0.6 is 0 Å². The number of carboxylic acids is 1. The lowest BCUT2D eigenvalue weighted by atomic mass is 10.1. The molecule has 2 aromatic rings. The number of benzene rings is 2. The van der Waals surface area contributed by atoms with E-state index in [1.54, 1.807) is 24.3 Å². The van der Waals surface area contributed by atoms with Gasteiger partial charge in [-0.3, -0.25) is 0 Å². The molecule has 3 N–H and O–H groups in total. The number of hydrogen-bond donors (Lipinski definition) is 3. The van der Waals surface area contributed by atoms with Gasteiger partial charge in [-0.1, -0.05) is 12.1 Å². The van der Waals surface area contributed by atoms with Crippen LogP contribution in [0.3, 0.4) is 0 Å². The summed E-state index contributed by atoms with van der Waals surface area (Å²) in [4.78, 5) is 11.2. The van der Waals surface area contributed by atoms with Gasteiger partial charge < -0.3 is 15.2 Å². The van der Waals surface area contributed by atoms with Gasteiger partial charge in [-0.05, 0) is 48.7 Å². The maximum Gasteiger partial charge on any atom is 0.335 e. The Morgan fingerprint density at radius 3 is 2.65 bits per heavy atom. The van der Waals surface area contributed by atoms with E-state index in [9.17, 15) is 13.2 Å². The van der Waals surface area contributed by atoms with Crippen LogP contribution in [-0.4, -0.2) is 32.6 Å². The lowest BCUT2D eigenvalue weighted by molar-refractivity contribution is 0.0696. The highest BCUT2D eigenvalue weighted by Gasteiger charge is 2.28. The average molecular weight is 376 g/mol. The van der Waals surface area contributed by atoms with Gasteiger partial charge in [-0.15, -0.1) is 0 Å². The third-order valence-corrected chi connectivity index (χ3v) is 5.56. The molecule has 0 radical (unpaired) electrons. The van der Waals surface area contributed by atoms with Crippen LogP contribution in [0.25, 0.3) is 0 Å². The highest BCUT2D eigenvalue weighted by molar-refractivity contribution is 7.89. The molecule has 0 amide bonds. The fourth-order valence-electron chi connectivity index (χ4n) is 2.49. The number of sulfonamides is 1. The van der Waals surface area contributed by atoms with Crippen LogP contribution in [0.4, 0.5) is 5.69 Å². The Morgan fingerprint density at radius 2 is 2.00 bits per heavy atom. The van der Waals surface area contributed by atoms with Gasteiger partial charge in [0, 0.05) is 12.6 Å². The van der Waals surface area contributed by atoms with Crippen molar-refractivity contribution in [2.24, 2.45) is 0 Å². The number of anilines is 1. The lowest BCUT2D eigenvalue weighted by Crippen LogP contribution is -2.25. The molecule has 26 heavy (non-hydrogen) atoms. The van der Waals surface area contributed by atoms with E-state index in [0.29, 0.717) is 18.0 Å². The predicted octanol–water partition coefficient (Wildman–Crippen LogP) is 2.45. The normalized spacial score (nSPS) is 14.0. The highest BCUT2D eigenvalue weighted by Crippen LogP contribution is 2.29. The minimum atomic E-state index is -3.57. The Morgan fingerprint density at radius 1 is 1.23 bits per heavy atom. The van der Waals surface area contributed by atoms with Crippen molar-refractivity contribution >= 4 is 21.7 Å². The summed E-state index contributed by atoms with van der Waals surface area (Å²) in [6.45, 7) is 0.330. The zero-order valence-electron chi connectivity index (χ0n) is 14.2. The Bertz CT molecular complexity index is 923. The number of hydrogen-bond acceptors (Lipinski definition) is 5. The lowest BCUT2D eigenvalue weighted by Gasteiger charge is -2.14. The Balaban J connectivity index is 1.80. The summed E-state index contributed by atoms with van der Waals surface area (Å²) in [5.41, 5.74) is 1.48. The summed E-state index contributed by atoms with van der Waals surface area (Å²) < 4.78 is 32.7. The predicted molar refractivity (Wildman–Crippen MR) is 97.1 cm³/mol. The Hall–Kier alpha value is -2.58. The number of methoxy groups -OCH3 is 1. The van der Waals surface area contributed by atoms with Gasteiger partial charge in [0.25, 0.3) is 0 Å². The monoisotopic (exact) mass is 376 g/mol. The van der Waals surface area contributed by atoms with Crippen molar-refractivity contribution in [3.63, 3.8) is 0 Å². The third-order valence-electron chi connectivity index (χ3n) is 4.04. The fraction of sp³-hybridized carbons (Fsp3) is 0.278. The number of rotatable bonds is 8. The van der Waals surface area contributed by atoms with Gasteiger partial charge in [0.2, 0.25) is 10.0 Å². The van der Waals surface area contributed by atoms with Gasteiger partial charge in [0.05, 0.1) is 23.3 Å². The molecule has 138 valence electrons. The minimum absolute atomic E-state index is 0.0252. The Labute approximate surface area is 152 Å². The molecular weight excluding hydrogens is 356 g/mol. The van der Waals surface area contributed by atoms with E-state index in [1.165, 1.54) is 25.3 Å². The average Bonchev–Trinajstić information content (AvgIpc) is 3.43. The summed E-state index contributed by atoms with van der Waals surface area (Å²) in [7, 11) is -2.07. The zero-order valence-corrected chi connectivity index (χ0v) is 15.0. The van der Waals surface area contributed by atoms with Crippen molar-refractivity contribution in [2.75, 3.05) is 12.4 Å². The van der Waals surface area contributed by atoms with E-state index in [-0.39, 0.29) is 16.5 Å². The first-order chi connectivity index (χ1) is 12.4. The first-order valence-electron chi connectivity index (χ1n) is 8.15. The Kier molecular flexibility index (Phi) is 5.15. The van der Waals surface area contributed by atoms with E-state index in [4.69, 9.17) is 9.84 Å². The van der Waals surface area contributed by atoms with Crippen LogP contribution in [0.15, 0.2) is 47.4 Å². The molecule has 2 aromatic carbocycles. The number of aromatic carboxylic acids is 1. The first kappa shape index (κ1) is 18.2. The maximum absolute atomic E-state index is 12.4. The van der Waals surface area contributed by atoms with Crippen LogP contribution < -0.4 is 14.8 Å².